The quantitative estimate of drug-likeness (QED) is 0.708. The molecule has 2 heterocycles. The van der Waals surface area contributed by atoms with Crippen molar-refractivity contribution in [3.05, 3.63) is 95.1 Å². The number of carbonyl (C=O) groups excluding carboxylic acids is 2. The van der Waals surface area contributed by atoms with Crippen LogP contribution in [0.3, 0.4) is 0 Å². The molecule has 0 bridgehead atoms. The Kier molecular flexibility index (Phi) is 5.89. The molecular weight excluding hydrogens is 340 g/mol. The highest BCUT2D eigenvalue weighted by molar-refractivity contribution is 5.96. The van der Waals surface area contributed by atoms with E-state index in [9.17, 15) is 9.59 Å². The topological polar surface area (TPSA) is 84.0 Å². The van der Waals surface area contributed by atoms with Gasteiger partial charge in [-0.15, -0.1) is 0 Å². The first-order valence-electron chi connectivity index (χ1n) is 8.60. The van der Waals surface area contributed by atoms with Gasteiger partial charge in [0.05, 0.1) is 0 Å². The summed E-state index contributed by atoms with van der Waals surface area (Å²) in [6.07, 6.45) is 3.33. The van der Waals surface area contributed by atoms with Crippen molar-refractivity contribution in [2.24, 2.45) is 0 Å². The molecule has 0 saturated heterocycles. The molecule has 0 aliphatic carbocycles. The molecule has 0 radical (unpaired) electrons. The molecule has 0 atom stereocenters. The molecule has 2 N–H and O–H groups in total. The molecule has 3 aromatic rings. The molecule has 2 amide bonds. The molecule has 0 saturated carbocycles. The lowest BCUT2D eigenvalue weighted by molar-refractivity contribution is 0.0941. The van der Waals surface area contributed by atoms with Gasteiger partial charge in [0.1, 0.15) is 11.4 Å². The Hall–Kier alpha value is -3.54. The van der Waals surface area contributed by atoms with Gasteiger partial charge >= 0.3 is 0 Å². The second kappa shape index (κ2) is 8.71. The summed E-state index contributed by atoms with van der Waals surface area (Å²) in [7, 11) is 0. The van der Waals surface area contributed by atoms with Crippen molar-refractivity contribution in [3.8, 4) is 0 Å². The molecule has 6 nitrogen and oxygen atoms in total. The normalized spacial score (nSPS) is 10.3. The van der Waals surface area contributed by atoms with E-state index in [0.717, 1.165) is 16.7 Å². The average molecular weight is 360 g/mol. The van der Waals surface area contributed by atoms with Crippen LogP contribution >= 0.6 is 0 Å². The Morgan fingerprint density at radius 3 is 2.04 bits per heavy atom. The van der Waals surface area contributed by atoms with E-state index >= 15 is 0 Å². The number of hydrogen-bond donors (Lipinski definition) is 2. The minimum absolute atomic E-state index is 0.201. The summed E-state index contributed by atoms with van der Waals surface area (Å²) in [5.41, 5.74) is 3.49. The van der Waals surface area contributed by atoms with Crippen molar-refractivity contribution >= 4 is 11.8 Å². The van der Waals surface area contributed by atoms with Gasteiger partial charge in [0.2, 0.25) is 0 Å². The molecule has 2 aromatic heterocycles. The number of rotatable bonds is 6. The fraction of sp³-hybridized carbons (Fsp3) is 0.143. The number of aryl methyl sites for hydroxylation is 1. The first-order valence-corrected chi connectivity index (χ1v) is 8.60. The summed E-state index contributed by atoms with van der Waals surface area (Å²) in [6.45, 7) is 2.77. The van der Waals surface area contributed by atoms with Gasteiger partial charge in [-0.2, -0.15) is 0 Å². The Labute approximate surface area is 157 Å². The van der Waals surface area contributed by atoms with E-state index in [-0.39, 0.29) is 23.2 Å². The minimum Gasteiger partial charge on any atom is -0.347 e. The molecule has 0 aliphatic rings. The number of amides is 2. The maximum absolute atomic E-state index is 12.3. The van der Waals surface area contributed by atoms with Crippen LogP contribution in [0.4, 0.5) is 0 Å². The Bertz CT molecular complexity index is 942. The minimum atomic E-state index is -0.333. The van der Waals surface area contributed by atoms with Gasteiger partial charge in [-0.3, -0.25) is 14.6 Å². The van der Waals surface area contributed by atoms with Gasteiger partial charge in [-0.1, -0.05) is 35.9 Å². The number of nitrogens with one attached hydrogen (secondary N) is 2. The lowest BCUT2D eigenvalue weighted by Gasteiger charge is -2.08. The predicted octanol–water partition coefficient (Wildman–Crippen LogP) is 2.65. The van der Waals surface area contributed by atoms with E-state index in [2.05, 4.69) is 20.6 Å². The highest BCUT2D eigenvalue weighted by Gasteiger charge is 2.12. The molecule has 136 valence electrons. The van der Waals surface area contributed by atoms with E-state index in [4.69, 9.17) is 0 Å². The second-order valence-corrected chi connectivity index (χ2v) is 6.12. The molecule has 1 aromatic carbocycles. The third-order valence-corrected chi connectivity index (χ3v) is 3.95. The van der Waals surface area contributed by atoms with E-state index in [1.165, 1.54) is 0 Å². The SMILES string of the molecule is Cc1cccc(CNC(=O)c2cccc(C(=O)NCc3ccncc3)n2)c1. The van der Waals surface area contributed by atoms with Crippen molar-refractivity contribution in [3.63, 3.8) is 0 Å². The van der Waals surface area contributed by atoms with Gasteiger partial charge in [0.15, 0.2) is 0 Å². The molecule has 0 spiro atoms. The number of benzene rings is 1. The predicted molar refractivity (Wildman–Crippen MR) is 102 cm³/mol. The van der Waals surface area contributed by atoms with Crippen LogP contribution in [0.15, 0.2) is 67.0 Å². The molecule has 0 aliphatic heterocycles. The van der Waals surface area contributed by atoms with Crippen LogP contribution < -0.4 is 10.6 Å². The molecule has 27 heavy (non-hydrogen) atoms. The highest BCUT2D eigenvalue weighted by atomic mass is 16.2. The average Bonchev–Trinajstić information content (AvgIpc) is 2.71. The third kappa shape index (κ3) is 5.22. The first kappa shape index (κ1) is 18.3. The first-order chi connectivity index (χ1) is 13.1. The lowest BCUT2D eigenvalue weighted by atomic mass is 10.1. The number of nitrogens with zero attached hydrogens (tertiary/aromatic N) is 2. The lowest BCUT2D eigenvalue weighted by Crippen LogP contribution is -2.27. The van der Waals surface area contributed by atoms with Gasteiger partial charge in [0.25, 0.3) is 11.8 Å². The third-order valence-electron chi connectivity index (χ3n) is 3.95. The van der Waals surface area contributed by atoms with Crippen LogP contribution in [0.1, 0.15) is 37.7 Å². The Balaban J connectivity index is 1.60. The van der Waals surface area contributed by atoms with Crippen molar-refractivity contribution in [1.82, 2.24) is 20.6 Å². The van der Waals surface area contributed by atoms with Crippen LogP contribution in [0, 0.1) is 6.92 Å². The fourth-order valence-corrected chi connectivity index (χ4v) is 2.56. The van der Waals surface area contributed by atoms with Gasteiger partial charge in [-0.05, 0) is 42.3 Å². The largest absolute Gasteiger partial charge is 0.347 e. The molecular formula is C21H20N4O2. The summed E-state index contributed by atoms with van der Waals surface area (Å²) in [5, 5.41) is 5.61. The number of pyridine rings is 2. The van der Waals surface area contributed by atoms with Gasteiger partial charge in [-0.25, -0.2) is 4.98 Å². The summed E-state index contributed by atoms with van der Waals surface area (Å²) < 4.78 is 0. The van der Waals surface area contributed by atoms with Crippen LogP contribution in [0.2, 0.25) is 0 Å². The van der Waals surface area contributed by atoms with Crippen LogP contribution in [0.5, 0.6) is 0 Å². The zero-order valence-electron chi connectivity index (χ0n) is 15.0. The number of carbonyl (C=O) groups is 2. The number of hydrogen-bond acceptors (Lipinski definition) is 4. The molecule has 3 rings (SSSR count). The summed E-state index contributed by atoms with van der Waals surface area (Å²) >= 11 is 0. The molecule has 0 fully saturated rings. The summed E-state index contributed by atoms with van der Waals surface area (Å²) in [6, 6.07) is 16.4. The maximum atomic E-state index is 12.3. The van der Waals surface area contributed by atoms with Crippen molar-refractivity contribution < 1.29 is 9.59 Å². The van der Waals surface area contributed by atoms with E-state index in [0.29, 0.717) is 13.1 Å². The monoisotopic (exact) mass is 360 g/mol. The smallest absolute Gasteiger partial charge is 0.270 e. The van der Waals surface area contributed by atoms with Crippen LogP contribution in [0.25, 0.3) is 0 Å². The summed E-state index contributed by atoms with van der Waals surface area (Å²) in [4.78, 5) is 32.7. The molecule has 0 unspecified atom stereocenters. The van der Waals surface area contributed by atoms with E-state index < -0.39 is 0 Å². The van der Waals surface area contributed by atoms with Crippen molar-refractivity contribution in [1.29, 1.82) is 0 Å². The Morgan fingerprint density at radius 1 is 0.815 bits per heavy atom. The summed E-state index contributed by atoms with van der Waals surface area (Å²) in [5.74, 6) is -0.652. The second-order valence-electron chi connectivity index (χ2n) is 6.12. The van der Waals surface area contributed by atoms with Crippen molar-refractivity contribution in [2.75, 3.05) is 0 Å². The van der Waals surface area contributed by atoms with Crippen molar-refractivity contribution in [2.45, 2.75) is 20.0 Å². The Morgan fingerprint density at radius 2 is 1.41 bits per heavy atom. The van der Waals surface area contributed by atoms with E-state index in [1.807, 2.05) is 43.3 Å². The fourth-order valence-electron chi connectivity index (χ4n) is 2.56. The van der Waals surface area contributed by atoms with E-state index in [1.54, 1.807) is 30.6 Å². The highest BCUT2D eigenvalue weighted by Crippen LogP contribution is 2.05. The van der Waals surface area contributed by atoms with Gasteiger partial charge < -0.3 is 10.6 Å². The zero-order valence-corrected chi connectivity index (χ0v) is 15.0. The zero-order chi connectivity index (χ0) is 19.1. The maximum Gasteiger partial charge on any atom is 0.270 e. The van der Waals surface area contributed by atoms with Gasteiger partial charge in [0, 0.05) is 25.5 Å². The number of aromatic nitrogens is 2. The van der Waals surface area contributed by atoms with Crippen LogP contribution in [-0.2, 0) is 13.1 Å². The standard InChI is InChI=1S/C21H20N4O2/c1-15-4-2-5-17(12-15)14-24-21(27)19-7-3-6-18(25-19)20(26)23-13-16-8-10-22-11-9-16/h2-12H,13-14H2,1H3,(H,23,26)(H,24,27). The molecule has 6 heteroatoms. The van der Waals surface area contributed by atoms with Crippen LogP contribution in [-0.4, -0.2) is 21.8 Å².